The van der Waals surface area contributed by atoms with Crippen LogP contribution in [-0.2, 0) is 9.59 Å². The summed E-state index contributed by atoms with van der Waals surface area (Å²) in [5, 5.41) is 2.35. The summed E-state index contributed by atoms with van der Waals surface area (Å²) in [5.41, 5.74) is -0.0700. The van der Waals surface area contributed by atoms with Crippen molar-refractivity contribution < 1.29 is 23.5 Å². The number of hydrogen-bond acceptors (Lipinski definition) is 5. The highest BCUT2D eigenvalue weighted by atomic mass is 35.5. The molecule has 0 aliphatic heterocycles. The van der Waals surface area contributed by atoms with E-state index in [0.717, 1.165) is 6.07 Å². The number of hydrogen-bond donors (Lipinski definition) is 1. The summed E-state index contributed by atoms with van der Waals surface area (Å²) in [6.07, 6.45) is 1.82. The lowest BCUT2D eigenvalue weighted by atomic mass is 10.2. The Balaban J connectivity index is 2.27. The number of aromatic nitrogens is 1. The largest absolute Gasteiger partial charge is 0.467 e. The molecule has 132 valence electrons. The molecule has 6 nitrogen and oxygen atoms in total. The smallest absolute Gasteiger partial charge is 0.258 e. The minimum atomic E-state index is -0.691. The maximum absolute atomic E-state index is 13.8. The second-order valence-corrected chi connectivity index (χ2v) is 5.44. The van der Waals surface area contributed by atoms with Crippen molar-refractivity contribution in [3.05, 3.63) is 41.3 Å². The number of carbonyl (C=O) groups excluding carboxylic acids is 2. The predicted octanol–water partition coefficient (Wildman–Crippen LogP) is 3.98. The fourth-order valence-electron chi connectivity index (χ4n) is 1.82. The van der Waals surface area contributed by atoms with Gasteiger partial charge in [0.2, 0.25) is 5.91 Å². The molecule has 0 saturated carbocycles. The second kappa shape index (κ2) is 8.43. The van der Waals surface area contributed by atoms with Gasteiger partial charge in [0.05, 0.1) is 10.7 Å². The number of halogens is 2. The first-order chi connectivity index (χ1) is 11.9. The van der Waals surface area contributed by atoms with Crippen molar-refractivity contribution in [1.82, 2.24) is 4.98 Å². The minimum Gasteiger partial charge on any atom is -0.467 e. The van der Waals surface area contributed by atoms with Crippen LogP contribution in [0.1, 0.15) is 20.3 Å². The van der Waals surface area contributed by atoms with E-state index < -0.39 is 11.7 Å². The molecule has 0 aliphatic rings. The molecular weight excluding hydrogens is 351 g/mol. The Hall–Kier alpha value is -2.67. The molecule has 0 radical (unpaired) electrons. The van der Waals surface area contributed by atoms with E-state index in [1.807, 2.05) is 0 Å². The van der Waals surface area contributed by atoms with Gasteiger partial charge in [-0.3, -0.25) is 9.59 Å². The molecule has 2 aromatic rings. The zero-order valence-corrected chi connectivity index (χ0v) is 14.4. The van der Waals surface area contributed by atoms with E-state index in [9.17, 15) is 14.0 Å². The third-order valence-corrected chi connectivity index (χ3v) is 3.35. The number of rotatable bonds is 7. The van der Waals surface area contributed by atoms with Crippen LogP contribution in [0.25, 0.3) is 0 Å². The summed E-state index contributed by atoms with van der Waals surface area (Å²) >= 11 is 6.00. The summed E-state index contributed by atoms with van der Waals surface area (Å²) in [7, 11) is 0. The van der Waals surface area contributed by atoms with E-state index in [1.165, 1.54) is 19.2 Å². The van der Waals surface area contributed by atoms with Gasteiger partial charge in [0.15, 0.2) is 11.5 Å². The van der Waals surface area contributed by atoms with Gasteiger partial charge in [0.1, 0.15) is 18.2 Å². The van der Waals surface area contributed by atoms with Crippen molar-refractivity contribution in [2.24, 2.45) is 0 Å². The van der Waals surface area contributed by atoms with Crippen LogP contribution in [0, 0.1) is 5.82 Å². The van der Waals surface area contributed by atoms with Crippen LogP contribution in [0.2, 0.25) is 5.02 Å². The SMILES string of the molecule is CCC(=O)COc1ncccc1Oc1cc(NC(C)=O)c(F)cc1Cl. The van der Waals surface area contributed by atoms with Crippen molar-refractivity contribution in [3.63, 3.8) is 0 Å². The number of amides is 1. The third kappa shape index (κ3) is 5.15. The number of carbonyl (C=O) groups is 2. The molecule has 0 fully saturated rings. The first-order valence-corrected chi connectivity index (χ1v) is 7.82. The molecule has 0 spiro atoms. The molecule has 1 aromatic carbocycles. The first-order valence-electron chi connectivity index (χ1n) is 7.44. The molecule has 0 bridgehead atoms. The number of benzene rings is 1. The third-order valence-electron chi connectivity index (χ3n) is 3.05. The lowest BCUT2D eigenvalue weighted by molar-refractivity contribution is -0.120. The fourth-order valence-corrected chi connectivity index (χ4v) is 2.01. The summed E-state index contributed by atoms with van der Waals surface area (Å²) in [5.74, 6) is -0.810. The monoisotopic (exact) mass is 366 g/mol. The summed E-state index contributed by atoms with van der Waals surface area (Å²) < 4.78 is 24.8. The highest BCUT2D eigenvalue weighted by molar-refractivity contribution is 6.32. The summed E-state index contributed by atoms with van der Waals surface area (Å²) in [4.78, 5) is 26.5. The zero-order chi connectivity index (χ0) is 18.4. The van der Waals surface area contributed by atoms with Gasteiger partial charge in [-0.2, -0.15) is 0 Å². The Kier molecular flexibility index (Phi) is 6.30. The minimum absolute atomic E-state index is 0.00559. The molecule has 1 amide bonds. The number of nitrogens with zero attached hydrogens (tertiary/aromatic N) is 1. The van der Waals surface area contributed by atoms with Gasteiger partial charge >= 0.3 is 0 Å². The van der Waals surface area contributed by atoms with Crippen LogP contribution in [0.15, 0.2) is 30.5 Å². The summed E-state index contributed by atoms with van der Waals surface area (Å²) in [6.45, 7) is 2.84. The summed E-state index contributed by atoms with van der Waals surface area (Å²) in [6, 6.07) is 5.46. The molecule has 25 heavy (non-hydrogen) atoms. The molecule has 1 aromatic heterocycles. The molecule has 1 heterocycles. The Morgan fingerprint density at radius 3 is 2.76 bits per heavy atom. The Morgan fingerprint density at radius 2 is 2.08 bits per heavy atom. The first kappa shape index (κ1) is 18.7. The van der Waals surface area contributed by atoms with Crippen molar-refractivity contribution in [2.45, 2.75) is 20.3 Å². The molecule has 1 N–H and O–H groups in total. The second-order valence-electron chi connectivity index (χ2n) is 5.03. The Morgan fingerprint density at radius 1 is 1.32 bits per heavy atom. The number of Topliss-reactive ketones (excluding diaryl/α,β-unsaturated/α-hetero) is 1. The maximum Gasteiger partial charge on any atom is 0.258 e. The zero-order valence-electron chi connectivity index (χ0n) is 13.6. The average Bonchev–Trinajstić information content (AvgIpc) is 2.57. The van der Waals surface area contributed by atoms with Crippen LogP contribution in [0.3, 0.4) is 0 Å². The predicted molar refractivity (Wildman–Crippen MR) is 90.8 cm³/mol. The van der Waals surface area contributed by atoms with Gasteiger partial charge in [-0.05, 0) is 18.2 Å². The van der Waals surface area contributed by atoms with E-state index in [1.54, 1.807) is 19.1 Å². The van der Waals surface area contributed by atoms with Crippen LogP contribution in [-0.4, -0.2) is 23.3 Å². The number of pyridine rings is 1. The quantitative estimate of drug-likeness (QED) is 0.801. The van der Waals surface area contributed by atoms with Gasteiger partial charge in [-0.1, -0.05) is 18.5 Å². The van der Waals surface area contributed by atoms with Crippen molar-refractivity contribution in [2.75, 3.05) is 11.9 Å². The van der Waals surface area contributed by atoms with E-state index >= 15 is 0 Å². The van der Waals surface area contributed by atoms with Gasteiger partial charge < -0.3 is 14.8 Å². The van der Waals surface area contributed by atoms with Crippen molar-refractivity contribution >= 4 is 29.0 Å². The van der Waals surface area contributed by atoms with Crippen LogP contribution >= 0.6 is 11.6 Å². The van der Waals surface area contributed by atoms with Gasteiger partial charge in [-0.15, -0.1) is 0 Å². The van der Waals surface area contributed by atoms with Crippen LogP contribution in [0.4, 0.5) is 10.1 Å². The van der Waals surface area contributed by atoms with Gasteiger partial charge in [0, 0.05) is 25.6 Å². The molecule has 0 atom stereocenters. The van der Waals surface area contributed by atoms with E-state index in [-0.39, 0.29) is 40.5 Å². The highest BCUT2D eigenvalue weighted by Crippen LogP contribution is 2.36. The highest BCUT2D eigenvalue weighted by Gasteiger charge is 2.15. The normalized spacial score (nSPS) is 10.2. The Bertz CT molecular complexity index is 798. The van der Waals surface area contributed by atoms with E-state index in [4.69, 9.17) is 21.1 Å². The van der Waals surface area contributed by atoms with Crippen LogP contribution in [0.5, 0.6) is 17.4 Å². The fraction of sp³-hybridized carbons (Fsp3) is 0.235. The topological polar surface area (TPSA) is 77.5 Å². The van der Waals surface area contributed by atoms with E-state index in [0.29, 0.717) is 6.42 Å². The molecule has 0 saturated heterocycles. The van der Waals surface area contributed by atoms with Crippen molar-refractivity contribution in [3.8, 4) is 17.4 Å². The molecule has 2 rings (SSSR count). The number of anilines is 1. The standard InChI is InChI=1S/C17H16ClFN2O4/c1-3-11(23)9-24-17-15(5-4-6-20-17)25-16-8-14(21-10(2)22)13(19)7-12(16)18/h4-8H,3,9H2,1-2H3,(H,21,22). The number of nitrogens with one attached hydrogen (secondary N) is 1. The molecule has 0 unspecified atom stereocenters. The van der Waals surface area contributed by atoms with Crippen molar-refractivity contribution in [1.29, 1.82) is 0 Å². The molecular formula is C17H16ClFN2O4. The van der Waals surface area contributed by atoms with Crippen LogP contribution < -0.4 is 14.8 Å². The van der Waals surface area contributed by atoms with Gasteiger partial charge in [0.25, 0.3) is 5.88 Å². The average molecular weight is 367 g/mol. The molecule has 8 heteroatoms. The van der Waals surface area contributed by atoms with E-state index in [2.05, 4.69) is 10.3 Å². The molecule has 0 aliphatic carbocycles. The lowest BCUT2D eigenvalue weighted by Crippen LogP contribution is -2.11. The number of ether oxygens (including phenoxy) is 2. The lowest BCUT2D eigenvalue weighted by Gasteiger charge is -2.13. The van der Waals surface area contributed by atoms with Gasteiger partial charge in [-0.25, -0.2) is 9.37 Å². The number of ketones is 1. The maximum atomic E-state index is 13.8. The Labute approximate surface area is 148 Å².